The summed E-state index contributed by atoms with van der Waals surface area (Å²) in [6.45, 7) is 3.82. The predicted molar refractivity (Wildman–Crippen MR) is 75.4 cm³/mol. The van der Waals surface area contributed by atoms with E-state index in [2.05, 4.69) is 15.2 Å². The van der Waals surface area contributed by atoms with Crippen LogP contribution in [0.3, 0.4) is 0 Å². The highest BCUT2D eigenvalue weighted by Crippen LogP contribution is 2.26. The zero-order chi connectivity index (χ0) is 14.0. The average Bonchev–Trinajstić information content (AvgIpc) is 2.81. The minimum absolute atomic E-state index is 0.0625. The second-order valence-electron chi connectivity index (χ2n) is 4.71. The van der Waals surface area contributed by atoms with E-state index in [0.29, 0.717) is 28.1 Å². The van der Waals surface area contributed by atoms with Crippen molar-refractivity contribution in [3.8, 4) is 0 Å². The number of nitrogens with zero attached hydrogens (tertiary/aromatic N) is 2. The molecule has 0 amide bonds. The van der Waals surface area contributed by atoms with Crippen molar-refractivity contribution in [1.82, 2.24) is 15.2 Å². The van der Waals surface area contributed by atoms with Crippen LogP contribution in [0.25, 0.3) is 0 Å². The van der Waals surface area contributed by atoms with Gasteiger partial charge in [-0.25, -0.2) is 4.98 Å². The van der Waals surface area contributed by atoms with Gasteiger partial charge >= 0.3 is 0 Å². The quantitative estimate of drug-likeness (QED) is 0.909. The van der Waals surface area contributed by atoms with Crippen molar-refractivity contribution in [2.75, 3.05) is 0 Å². The molecule has 0 saturated heterocycles. The number of nitrogens with one attached hydrogen (secondary N) is 1. The topological polar surface area (TPSA) is 61.8 Å². The normalized spacial score (nSPS) is 12.9. The van der Waals surface area contributed by atoms with E-state index >= 15 is 0 Å². The molecule has 0 aliphatic carbocycles. The highest BCUT2D eigenvalue weighted by atomic mass is 35.5. The number of aliphatic hydroxyl groups excluding tert-OH is 1. The Balaban J connectivity index is 2.21. The highest BCUT2D eigenvalue weighted by Gasteiger charge is 2.18. The van der Waals surface area contributed by atoms with E-state index in [4.69, 9.17) is 23.2 Å². The Morgan fingerprint density at radius 3 is 2.47 bits per heavy atom. The van der Waals surface area contributed by atoms with E-state index < -0.39 is 6.10 Å². The number of aliphatic hydroxyl groups is 1. The molecule has 4 nitrogen and oxygen atoms in total. The minimum Gasteiger partial charge on any atom is -0.385 e. The number of benzene rings is 1. The van der Waals surface area contributed by atoms with E-state index in [-0.39, 0.29) is 5.92 Å². The van der Waals surface area contributed by atoms with Gasteiger partial charge < -0.3 is 5.11 Å². The van der Waals surface area contributed by atoms with E-state index in [1.165, 1.54) is 0 Å². The van der Waals surface area contributed by atoms with Crippen LogP contribution < -0.4 is 0 Å². The maximum Gasteiger partial charge on any atom is 0.179 e. The molecular weight excluding hydrogens is 285 g/mol. The molecular formula is C13H15Cl2N3O. The summed E-state index contributed by atoms with van der Waals surface area (Å²) in [5.74, 6) is 1.09. The first-order chi connectivity index (χ1) is 8.99. The highest BCUT2D eigenvalue weighted by molar-refractivity contribution is 6.36. The monoisotopic (exact) mass is 299 g/mol. The summed E-state index contributed by atoms with van der Waals surface area (Å²) in [6.07, 6.45) is -0.220. The maximum absolute atomic E-state index is 9.89. The molecule has 1 unspecified atom stereocenters. The molecule has 1 heterocycles. The third kappa shape index (κ3) is 3.26. The van der Waals surface area contributed by atoms with Crippen molar-refractivity contribution >= 4 is 23.2 Å². The van der Waals surface area contributed by atoms with Crippen molar-refractivity contribution in [1.29, 1.82) is 0 Å². The maximum atomic E-state index is 9.89. The molecule has 1 atom stereocenters. The van der Waals surface area contributed by atoms with Gasteiger partial charge in [0, 0.05) is 16.5 Å². The third-order valence-corrected chi connectivity index (χ3v) is 3.56. The summed E-state index contributed by atoms with van der Waals surface area (Å²) < 4.78 is 0. The van der Waals surface area contributed by atoms with Crippen molar-refractivity contribution in [3.05, 3.63) is 45.5 Å². The van der Waals surface area contributed by atoms with Gasteiger partial charge in [-0.2, -0.15) is 5.10 Å². The summed E-state index contributed by atoms with van der Waals surface area (Å²) in [6, 6.07) is 5.36. The van der Waals surface area contributed by atoms with Gasteiger partial charge in [0.1, 0.15) is 11.9 Å². The number of rotatable bonds is 4. The van der Waals surface area contributed by atoms with Gasteiger partial charge in [0.2, 0.25) is 0 Å². The molecule has 1 aromatic carbocycles. The van der Waals surface area contributed by atoms with Crippen LogP contribution in [0.4, 0.5) is 0 Å². The Hall–Kier alpha value is -1.10. The van der Waals surface area contributed by atoms with E-state index in [1.807, 2.05) is 13.8 Å². The lowest BCUT2D eigenvalue weighted by Gasteiger charge is -2.09. The Kier molecular flexibility index (Phi) is 4.45. The largest absolute Gasteiger partial charge is 0.385 e. The molecule has 1 aromatic heterocycles. The molecule has 0 bridgehead atoms. The molecule has 102 valence electrons. The zero-order valence-corrected chi connectivity index (χ0v) is 12.2. The number of hydrogen-bond acceptors (Lipinski definition) is 3. The van der Waals surface area contributed by atoms with Gasteiger partial charge in [-0.3, -0.25) is 5.10 Å². The third-order valence-electron chi connectivity index (χ3n) is 2.85. The Morgan fingerprint density at radius 1 is 1.26 bits per heavy atom. The fourth-order valence-electron chi connectivity index (χ4n) is 1.69. The van der Waals surface area contributed by atoms with Gasteiger partial charge in [0.15, 0.2) is 5.82 Å². The van der Waals surface area contributed by atoms with Crippen LogP contribution in [0.15, 0.2) is 18.2 Å². The van der Waals surface area contributed by atoms with Crippen LogP contribution in [-0.2, 0) is 6.42 Å². The number of aromatic nitrogens is 3. The predicted octanol–water partition coefficient (Wildman–Crippen LogP) is 3.39. The van der Waals surface area contributed by atoms with Gasteiger partial charge in [0.05, 0.1) is 0 Å². The van der Waals surface area contributed by atoms with Crippen LogP contribution in [-0.4, -0.2) is 20.3 Å². The van der Waals surface area contributed by atoms with Crippen molar-refractivity contribution in [2.45, 2.75) is 26.4 Å². The summed E-state index contributed by atoms with van der Waals surface area (Å²) in [4.78, 5) is 4.27. The molecule has 0 saturated carbocycles. The summed E-state index contributed by atoms with van der Waals surface area (Å²) in [5, 5.41) is 17.9. The van der Waals surface area contributed by atoms with Crippen LogP contribution in [0.2, 0.25) is 10.0 Å². The van der Waals surface area contributed by atoms with Gasteiger partial charge in [-0.05, 0) is 23.6 Å². The Morgan fingerprint density at radius 2 is 1.89 bits per heavy atom. The number of H-pyrrole nitrogens is 1. The Bertz CT molecular complexity index is 549. The molecule has 0 aliphatic heterocycles. The van der Waals surface area contributed by atoms with Crippen molar-refractivity contribution in [2.24, 2.45) is 5.92 Å². The first-order valence-corrected chi connectivity index (χ1v) is 6.76. The molecule has 2 rings (SSSR count). The molecule has 2 N–H and O–H groups in total. The molecule has 0 radical (unpaired) electrons. The average molecular weight is 300 g/mol. The van der Waals surface area contributed by atoms with E-state index in [9.17, 15) is 5.11 Å². The van der Waals surface area contributed by atoms with Crippen LogP contribution in [0.1, 0.15) is 37.2 Å². The minimum atomic E-state index is -0.674. The second-order valence-corrected chi connectivity index (χ2v) is 5.52. The molecule has 2 aromatic rings. The summed E-state index contributed by atoms with van der Waals surface area (Å²) in [7, 11) is 0. The zero-order valence-electron chi connectivity index (χ0n) is 10.7. The van der Waals surface area contributed by atoms with Gasteiger partial charge in [-0.15, -0.1) is 0 Å². The molecule has 0 spiro atoms. The smallest absolute Gasteiger partial charge is 0.179 e. The number of aromatic amines is 1. The molecule has 0 aliphatic rings. The second kappa shape index (κ2) is 5.90. The van der Waals surface area contributed by atoms with E-state index in [1.54, 1.807) is 18.2 Å². The fraction of sp³-hybridized carbons (Fsp3) is 0.385. The lowest BCUT2D eigenvalue weighted by molar-refractivity contribution is 0.118. The first-order valence-electron chi connectivity index (χ1n) is 6.01. The van der Waals surface area contributed by atoms with Gasteiger partial charge in [-0.1, -0.05) is 43.1 Å². The molecule has 19 heavy (non-hydrogen) atoms. The van der Waals surface area contributed by atoms with Gasteiger partial charge in [0.25, 0.3) is 0 Å². The Labute approximate surface area is 121 Å². The lowest BCUT2D eigenvalue weighted by Crippen LogP contribution is -2.07. The molecule has 0 fully saturated rings. The van der Waals surface area contributed by atoms with Crippen molar-refractivity contribution in [3.63, 3.8) is 0 Å². The molecule has 6 heteroatoms. The standard InChI is InChI=1S/C13H15Cl2N3O/c1-7(2)12(19)13-16-11(17-18-13)6-8-9(14)4-3-5-10(8)15/h3-5,7,12,19H,6H2,1-2H3,(H,16,17,18). The summed E-state index contributed by atoms with van der Waals surface area (Å²) >= 11 is 12.2. The fourth-order valence-corrected chi connectivity index (χ4v) is 2.22. The SMILES string of the molecule is CC(C)C(O)c1n[nH]c(Cc2c(Cl)cccc2Cl)n1. The first kappa shape index (κ1) is 14.3. The summed E-state index contributed by atoms with van der Waals surface area (Å²) in [5.41, 5.74) is 0.799. The van der Waals surface area contributed by atoms with Crippen molar-refractivity contribution < 1.29 is 5.11 Å². The van der Waals surface area contributed by atoms with Crippen LogP contribution in [0, 0.1) is 5.92 Å². The van der Waals surface area contributed by atoms with Crippen LogP contribution in [0.5, 0.6) is 0 Å². The lowest BCUT2D eigenvalue weighted by atomic mass is 10.1. The van der Waals surface area contributed by atoms with E-state index in [0.717, 1.165) is 5.56 Å². The van der Waals surface area contributed by atoms with Crippen LogP contribution >= 0.6 is 23.2 Å². The number of hydrogen-bond donors (Lipinski definition) is 2. The number of halogens is 2.